The Kier molecular flexibility index (Phi) is 5.56. The van der Waals surface area contributed by atoms with E-state index in [9.17, 15) is 4.39 Å². The van der Waals surface area contributed by atoms with E-state index in [1.165, 1.54) is 0 Å². The zero-order valence-corrected chi connectivity index (χ0v) is 9.75. The summed E-state index contributed by atoms with van der Waals surface area (Å²) >= 11 is 0. The molecule has 0 radical (unpaired) electrons. The van der Waals surface area contributed by atoms with Crippen molar-refractivity contribution in [1.82, 2.24) is 0 Å². The first-order valence-electron chi connectivity index (χ1n) is 5.89. The highest BCUT2D eigenvalue weighted by Gasteiger charge is 2.05. The number of aryl methyl sites for hydroxylation is 1. The lowest BCUT2D eigenvalue weighted by atomic mass is 10.0. The lowest BCUT2D eigenvalue weighted by Gasteiger charge is -2.07. The third-order valence-electron chi connectivity index (χ3n) is 2.70. The lowest BCUT2D eigenvalue weighted by Crippen LogP contribution is -2.01. The quantitative estimate of drug-likeness (QED) is 0.709. The molecule has 0 aliphatic rings. The number of hydrogen-bond acceptors (Lipinski definition) is 1. The van der Waals surface area contributed by atoms with Crippen molar-refractivity contribution < 1.29 is 4.39 Å². The molecule has 0 aliphatic carbocycles. The van der Waals surface area contributed by atoms with Gasteiger partial charge in [-0.25, -0.2) is 4.39 Å². The molecular formula is C14H18FN. The van der Waals surface area contributed by atoms with Crippen molar-refractivity contribution in [3.05, 3.63) is 35.4 Å². The van der Waals surface area contributed by atoms with Gasteiger partial charge in [0.25, 0.3) is 0 Å². The van der Waals surface area contributed by atoms with E-state index in [0.717, 1.165) is 24.8 Å². The number of rotatable bonds is 6. The Morgan fingerprint density at radius 1 is 1.25 bits per heavy atom. The van der Waals surface area contributed by atoms with Crippen LogP contribution in [0.2, 0.25) is 0 Å². The maximum atomic E-state index is 13.4. The van der Waals surface area contributed by atoms with Crippen molar-refractivity contribution in [3.63, 3.8) is 0 Å². The van der Waals surface area contributed by atoms with Crippen molar-refractivity contribution in [2.24, 2.45) is 0 Å². The first-order valence-corrected chi connectivity index (χ1v) is 5.89. The van der Waals surface area contributed by atoms with Crippen molar-refractivity contribution >= 4 is 0 Å². The number of halogens is 1. The van der Waals surface area contributed by atoms with E-state index in [1.54, 1.807) is 12.1 Å². The van der Waals surface area contributed by atoms with E-state index in [4.69, 9.17) is 5.26 Å². The third kappa shape index (κ3) is 4.44. The zero-order valence-electron chi connectivity index (χ0n) is 9.75. The molecule has 1 atom stereocenters. The van der Waals surface area contributed by atoms with Gasteiger partial charge in [0.05, 0.1) is 11.6 Å². The summed E-state index contributed by atoms with van der Waals surface area (Å²) in [6, 6.07) is 9.46. The van der Waals surface area contributed by atoms with Crippen LogP contribution in [-0.2, 0) is 6.42 Å². The van der Waals surface area contributed by atoms with Crippen molar-refractivity contribution in [2.45, 2.75) is 45.2 Å². The van der Waals surface area contributed by atoms with Crippen LogP contribution in [-0.4, -0.2) is 6.17 Å². The Balaban J connectivity index is 2.34. The molecule has 0 aliphatic heterocycles. The number of alkyl halides is 1. The second-order valence-corrected chi connectivity index (χ2v) is 4.09. The fourth-order valence-electron chi connectivity index (χ4n) is 1.64. The van der Waals surface area contributed by atoms with Gasteiger partial charge in [-0.15, -0.1) is 0 Å². The van der Waals surface area contributed by atoms with Gasteiger partial charge in [0.1, 0.15) is 6.17 Å². The normalized spacial score (nSPS) is 12.1. The Hall–Kier alpha value is -1.36. The predicted octanol–water partition coefficient (Wildman–Crippen LogP) is 4.02. The van der Waals surface area contributed by atoms with Crippen molar-refractivity contribution in [3.8, 4) is 6.07 Å². The van der Waals surface area contributed by atoms with Crippen LogP contribution in [0.3, 0.4) is 0 Å². The Bertz CT molecular complexity index is 337. The van der Waals surface area contributed by atoms with Gasteiger partial charge in [0.15, 0.2) is 0 Å². The summed E-state index contributed by atoms with van der Waals surface area (Å²) in [6.45, 7) is 2.08. The highest BCUT2D eigenvalue weighted by Crippen LogP contribution is 2.13. The molecule has 0 N–H and O–H groups in total. The van der Waals surface area contributed by atoms with Crippen LogP contribution < -0.4 is 0 Å². The van der Waals surface area contributed by atoms with Gasteiger partial charge >= 0.3 is 0 Å². The minimum Gasteiger partial charge on any atom is -0.247 e. The molecule has 1 aromatic rings. The van der Waals surface area contributed by atoms with Gasteiger partial charge in [0.2, 0.25) is 0 Å². The predicted molar refractivity (Wildman–Crippen MR) is 63.9 cm³/mol. The number of benzene rings is 1. The summed E-state index contributed by atoms with van der Waals surface area (Å²) in [5.41, 5.74) is 1.77. The van der Waals surface area contributed by atoms with Crippen LogP contribution in [0.1, 0.15) is 43.7 Å². The van der Waals surface area contributed by atoms with Crippen LogP contribution in [0.5, 0.6) is 0 Å². The molecule has 0 saturated heterocycles. The molecule has 0 aromatic heterocycles. The number of nitrogens with zero attached hydrogens (tertiary/aromatic N) is 1. The standard InChI is InChI=1S/C14H18FN/c1-2-3-4-14(15)10-9-12-5-7-13(11-16)8-6-12/h5-8,14H,2-4,9-10H2,1H3/t14-/m0/s1. The van der Waals surface area contributed by atoms with Crippen molar-refractivity contribution in [2.75, 3.05) is 0 Å². The molecular weight excluding hydrogens is 201 g/mol. The summed E-state index contributed by atoms with van der Waals surface area (Å²) < 4.78 is 13.4. The molecule has 0 saturated carbocycles. The van der Waals surface area contributed by atoms with E-state index in [0.29, 0.717) is 18.4 Å². The molecule has 0 heterocycles. The topological polar surface area (TPSA) is 23.8 Å². The van der Waals surface area contributed by atoms with Crippen LogP contribution >= 0.6 is 0 Å². The first kappa shape index (κ1) is 12.7. The number of unbranched alkanes of at least 4 members (excludes halogenated alkanes) is 1. The molecule has 86 valence electrons. The van der Waals surface area contributed by atoms with Crippen LogP contribution in [0.4, 0.5) is 4.39 Å². The smallest absolute Gasteiger partial charge is 0.100 e. The zero-order chi connectivity index (χ0) is 11.8. The molecule has 1 aromatic carbocycles. The van der Waals surface area contributed by atoms with Crippen LogP contribution in [0, 0.1) is 11.3 Å². The van der Waals surface area contributed by atoms with E-state index in [1.807, 2.05) is 12.1 Å². The molecule has 1 rings (SSSR count). The molecule has 1 nitrogen and oxygen atoms in total. The van der Waals surface area contributed by atoms with Crippen molar-refractivity contribution in [1.29, 1.82) is 5.26 Å². The minimum absolute atomic E-state index is 0.589. The molecule has 16 heavy (non-hydrogen) atoms. The van der Waals surface area contributed by atoms with E-state index in [-0.39, 0.29) is 0 Å². The minimum atomic E-state index is -0.685. The Morgan fingerprint density at radius 2 is 1.94 bits per heavy atom. The maximum absolute atomic E-state index is 13.4. The van der Waals surface area contributed by atoms with Gasteiger partial charge < -0.3 is 0 Å². The maximum Gasteiger partial charge on any atom is 0.100 e. The van der Waals surface area contributed by atoms with Gasteiger partial charge in [-0.2, -0.15) is 5.26 Å². The summed E-state index contributed by atoms with van der Waals surface area (Å²) in [7, 11) is 0. The summed E-state index contributed by atoms with van der Waals surface area (Å²) in [5.74, 6) is 0. The van der Waals surface area contributed by atoms with Gasteiger partial charge in [-0.3, -0.25) is 0 Å². The van der Waals surface area contributed by atoms with Crippen LogP contribution in [0.25, 0.3) is 0 Å². The first-order chi connectivity index (χ1) is 7.76. The molecule has 2 heteroatoms. The molecule has 0 bridgehead atoms. The summed E-state index contributed by atoms with van der Waals surface area (Å²) in [6.07, 6.45) is 3.36. The highest BCUT2D eigenvalue weighted by atomic mass is 19.1. The van der Waals surface area contributed by atoms with E-state index in [2.05, 4.69) is 13.0 Å². The second kappa shape index (κ2) is 7.00. The van der Waals surface area contributed by atoms with Gasteiger partial charge in [0, 0.05) is 0 Å². The van der Waals surface area contributed by atoms with Crippen LogP contribution in [0.15, 0.2) is 24.3 Å². The monoisotopic (exact) mass is 219 g/mol. The highest BCUT2D eigenvalue weighted by molar-refractivity contribution is 5.31. The molecule has 0 spiro atoms. The van der Waals surface area contributed by atoms with Gasteiger partial charge in [-0.05, 0) is 37.0 Å². The average Bonchev–Trinajstić information content (AvgIpc) is 2.34. The number of nitriles is 1. The number of hydrogen-bond donors (Lipinski definition) is 0. The average molecular weight is 219 g/mol. The fraction of sp³-hybridized carbons (Fsp3) is 0.500. The summed E-state index contributed by atoms with van der Waals surface area (Å²) in [4.78, 5) is 0. The molecule has 0 amide bonds. The largest absolute Gasteiger partial charge is 0.247 e. The third-order valence-corrected chi connectivity index (χ3v) is 2.70. The SMILES string of the molecule is CCCC[C@H](F)CCc1ccc(C#N)cc1. The Morgan fingerprint density at radius 3 is 2.50 bits per heavy atom. The molecule has 0 unspecified atom stereocenters. The fourth-order valence-corrected chi connectivity index (χ4v) is 1.64. The molecule has 0 fully saturated rings. The van der Waals surface area contributed by atoms with E-state index >= 15 is 0 Å². The van der Waals surface area contributed by atoms with E-state index < -0.39 is 6.17 Å². The van der Waals surface area contributed by atoms with Gasteiger partial charge in [-0.1, -0.05) is 31.9 Å². The Labute approximate surface area is 96.9 Å². The summed E-state index contributed by atoms with van der Waals surface area (Å²) in [5, 5.41) is 8.63. The lowest BCUT2D eigenvalue weighted by molar-refractivity contribution is 0.290. The second-order valence-electron chi connectivity index (χ2n) is 4.09.